The van der Waals surface area contributed by atoms with E-state index in [-0.39, 0.29) is 11.8 Å². The first-order valence-corrected chi connectivity index (χ1v) is 9.04. The molecule has 2 aliphatic heterocycles. The van der Waals surface area contributed by atoms with Crippen LogP contribution in [0.2, 0.25) is 0 Å². The van der Waals surface area contributed by atoms with Gasteiger partial charge in [0.15, 0.2) is 0 Å². The van der Waals surface area contributed by atoms with E-state index in [0.29, 0.717) is 5.92 Å². The Morgan fingerprint density at radius 1 is 1.04 bits per heavy atom. The highest BCUT2D eigenvalue weighted by Gasteiger charge is 2.54. The molecule has 0 bridgehead atoms. The van der Waals surface area contributed by atoms with Crippen LogP contribution in [0.5, 0.6) is 11.5 Å². The average Bonchev–Trinajstić information content (AvgIpc) is 3.10. The number of hydrogen-bond acceptors (Lipinski definition) is 3. The SMILES string of the molecule is CN1CC2[C@H](CNC(=O)C3c4ccccc4Oc4ccccc43)[C@H]2C1. The molecule has 1 amide bonds. The summed E-state index contributed by atoms with van der Waals surface area (Å²) in [5.74, 6) is 3.58. The van der Waals surface area contributed by atoms with Crippen molar-refractivity contribution in [2.24, 2.45) is 17.8 Å². The third-order valence-electron chi connectivity index (χ3n) is 6.01. The number of piperidine rings is 1. The minimum Gasteiger partial charge on any atom is -0.457 e. The summed E-state index contributed by atoms with van der Waals surface area (Å²) in [5, 5.41) is 3.23. The largest absolute Gasteiger partial charge is 0.457 e. The van der Waals surface area contributed by atoms with Crippen LogP contribution in [0, 0.1) is 17.8 Å². The van der Waals surface area contributed by atoms with Gasteiger partial charge in [-0.25, -0.2) is 0 Å². The number of ether oxygens (including phenoxy) is 1. The van der Waals surface area contributed by atoms with Crippen LogP contribution in [0.15, 0.2) is 48.5 Å². The topological polar surface area (TPSA) is 41.6 Å². The highest BCUT2D eigenvalue weighted by Crippen LogP contribution is 2.51. The highest BCUT2D eigenvalue weighted by molar-refractivity contribution is 5.89. The van der Waals surface area contributed by atoms with E-state index in [1.807, 2.05) is 48.5 Å². The molecule has 3 atom stereocenters. The Morgan fingerprint density at radius 3 is 2.20 bits per heavy atom. The lowest BCUT2D eigenvalue weighted by molar-refractivity contribution is -0.121. The number of amides is 1. The summed E-state index contributed by atoms with van der Waals surface area (Å²) < 4.78 is 5.98. The first kappa shape index (κ1) is 15.0. The maximum absolute atomic E-state index is 13.1. The van der Waals surface area contributed by atoms with Gasteiger partial charge in [0.05, 0.1) is 5.92 Å². The fourth-order valence-electron chi connectivity index (χ4n) is 4.68. The maximum Gasteiger partial charge on any atom is 0.232 e. The maximum atomic E-state index is 13.1. The van der Waals surface area contributed by atoms with E-state index in [1.165, 1.54) is 13.1 Å². The number of carbonyl (C=O) groups is 1. The van der Waals surface area contributed by atoms with Gasteiger partial charge < -0.3 is 15.0 Å². The van der Waals surface area contributed by atoms with Gasteiger partial charge in [0.25, 0.3) is 0 Å². The Bertz CT molecular complexity index is 777. The Hall–Kier alpha value is -2.33. The number of nitrogens with zero attached hydrogens (tertiary/aromatic N) is 1. The summed E-state index contributed by atoms with van der Waals surface area (Å²) in [6.45, 7) is 3.14. The fraction of sp³-hybridized carbons (Fsp3) is 0.381. The van der Waals surface area contributed by atoms with Crippen molar-refractivity contribution in [3.63, 3.8) is 0 Å². The molecule has 4 nitrogen and oxygen atoms in total. The summed E-state index contributed by atoms with van der Waals surface area (Å²) in [6, 6.07) is 15.7. The zero-order valence-corrected chi connectivity index (χ0v) is 14.3. The van der Waals surface area contributed by atoms with E-state index in [1.54, 1.807) is 0 Å². The second-order valence-corrected chi connectivity index (χ2v) is 7.57. The fourth-order valence-corrected chi connectivity index (χ4v) is 4.68. The van der Waals surface area contributed by atoms with Crippen molar-refractivity contribution in [1.29, 1.82) is 0 Å². The van der Waals surface area contributed by atoms with E-state index in [2.05, 4.69) is 17.3 Å². The van der Waals surface area contributed by atoms with Crippen molar-refractivity contribution < 1.29 is 9.53 Å². The van der Waals surface area contributed by atoms with Gasteiger partial charge in [-0.1, -0.05) is 36.4 Å². The number of benzene rings is 2. The molecule has 1 saturated heterocycles. The van der Waals surface area contributed by atoms with E-state index in [9.17, 15) is 4.79 Å². The summed E-state index contributed by atoms with van der Waals surface area (Å²) in [4.78, 5) is 15.5. The van der Waals surface area contributed by atoms with Crippen molar-refractivity contribution in [1.82, 2.24) is 10.2 Å². The molecule has 5 rings (SSSR count). The average molecular weight is 334 g/mol. The molecule has 0 spiro atoms. The molecule has 25 heavy (non-hydrogen) atoms. The van der Waals surface area contributed by atoms with Gasteiger partial charge in [-0.15, -0.1) is 0 Å². The van der Waals surface area contributed by atoms with E-state index >= 15 is 0 Å². The summed E-state index contributed by atoms with van der Waals surface area (Å²) in [5.41, 5.74) is 1.91. The third-order valence-corrected chi connectivity index (χ3v) is 6.01. The van der Waals surface area contributed by atoms with Gasteiger partial charge in [-0.3, -0.25) is 4.79 Å². The smallest absolute Gasteiger partial charge is 0.232 e. The second-order valence-electron chi connectivity index (χ2n) is 7.57. The summed E-state index contributed by atoms with van der Waals surface area (Å²) in [6.07, 6.45) is 0. The van der Waals surface area contributed by atoms with Crippen molar-refractivity contribution in [2.75, 3.05) is 26.7 Å². The van der Waals surface area contributed by atoms with Crippen molar-refractivity contribution in [2.45, 2.75) is 5.92 Å². The number of fused-ring (bicyclic) bond motifs is 3. The summed E-state index contributed by atoms with van der Waals surface area (Å²) in [7, 11) is 2.18. The van der Waals surface area contributed by atoms with Crippen LogP contribution in [0.4, 0.5) is 0 Å². The molecule has 2 aromatic carbocycles. The molecular weight excluding hydrogens is 312 g/mol. The van der Waals surface area contributed by atoms with Crippen LogP contribution in [0.1, 0.15) is 17.0 Å². The second kappa shape index (κ2) is 5.60. The lowest BCUT2D eigenvalue weighted by Gasteiger charge is -2.27. The summed E-state index contributed by atoms with van der Waals surface area (Å²) >= 11 is 0. The van der Waals surface area contributed by atoms with E-state index < -0.39 is 0 Å². The predicted molar refractivity (Wildman–Crippen MR) is 95.8 cm³/mol. The first-order valence-electron chi connectivity index (χ1n) is 9.04. The number of likely N-dealkylation sites (tertiary alicyclic amines) is 1. The van der Waals surface area contributed by atoms with Crippen LogP contribution in [0.25, 0.3) is 0 Å². The molecule has 1 saturated carbocycles. The van der Waals surface area contributed by atoms with Crippen molar-refractivity contribution in [3.8, 4) is 11.5 Å². The van der Waals surface area contributed by atoms with E-state index in [0.717, 1.165) is 41.0 Å². The Morgan fingerprint density at radius 2 is 1.60 bits per heavy atom. The van der Waals surface area contributed by atoms with Crippen LogP contribution < -0.4 is 10.1 Å². The van der Waals surface area contributed by atoms with Crippen LogP contribution >= 0.6 is 0 Å². The quantitative estimate of drug-likeness (QED) is 0.938. The van der Waals surface area contributed by atoms with Gasteiger partial charge in [-0.05, 0) is 36.9 Å². The molecule has 2 heterocycles. The molecule has 1 unspecified atom stereocenters. The van der Waals surface area contributed by atoms with Crippen LogP contribution in [0.3, 0.4) is 0 Å². The zero-order valence-electron chi connectivity index (χ0n) is 14.3. The molecule has 3 aliphatic rings. The third kappa shape index (κ3) is 2.44. The molecule has 1 aliphatic carbocycles. The number of hydrogen-bond donors (Lipinski definition) is 1. The van der Waals surface area contributed by atoms with Crippen molar-refractivity contribution in [3.05, 3.63) is 59.7 Å². The van der Waals surface area contributed by atoms with Gasteiger partial charge in [-0.2, -0.15) is 0 Å². The van der Waals surface area contributed by atoms with Crippen LogP contribution in [-0.2, 0) is 4.79 Å². The van der Waals surface area contributed by atoms with Crippen molar-refractivity contribution >= 4 is 5.91 Å². The molecule has 4 heteroatoms. The normalized spacial score (nSPS) is 27.0. The molecular formula is C21H22N2O2. The lowest BCUT2D eigenvalue weighted by Crippen LogP contribution is -2.34. The predicted octanol–water partition coefficient (Wildman–Crippen LogP) is 2.85. The Balaban J connectivity index is 1.37. The number of carbonyl (C=O) groups excluding carboxylic acids is 1. The van der Waals surface area contributed by atoms with Gasteiger partial charge in [0.1, 0.15) is 11.5 Å². The minimum absolute atomic E-state index is 0.0847. The lowest BCUT2D eigenvalue weighted by atomic mass is 9.87. The molecule has 2 fully saturated rings. The Kier molecular flexibility index (Phi) is 3.35. The van der Waals surface area contributed by atoms with Gasteiger partial charge >= 0.3 is 0 Å². The highest BCUT2D eigenvalue weighted by atomic mass is 16.5. The Labute approximate surface area is 147 Å². The zero-order chi connectivity index (χ0) is 17.0. The molecule has 1 N–H and O–H groups in total. The first-order chi connectivity index (χ1) is 12.2. The monoisotopic (exact) mass is 334 g/mol. The minimum atomic E-state index is -0.289. The molecule has 0 aromatic heterocycles. The number of para-hydroxylation sites is 2. The number of nitrogens with one attached hydrogen (secondary N) is 1. The molecule has 128 valence electrons. The van der Waals surface area contributed by atoms with E-state index in [4.69, 9.17) is 4.74 Å². The standard InChI is InChI=1S/C21H22N2O2/c1-23-11-16-15(17(16)12-23)10-22-21(24)20-13-6-2-4-8-18(13)25-19-9-5-3-7-14(19)20/h2-9,15-17,20H,10-12H2,1H3,(H,22,24)/t15-,16-,17?/m1/s1. The van der Waals surface area contributed by atoms with Gasteiger partial charge in [0.2, 0.25) is 5.91 Å². The molecule has 0 radical (unpaired) electrons. The van der Waals surface area contributed by atoms with Gasteiger partial charge in [0, 0.05) is 30.8 Å². The molecule has 2 aromatic rings. The number of rotatable bonds is 3. The van der Waals surface area contributed by atoms with Crippen LogP contribution in [-0.4, -0.2) is 37.5 Å².